The number of carbonyl (C=O) groups is 3. The number of carboxylic acid groups (broad SMARTS) is 1. The van der Waals surface area contributed by atoms with Gasteiger partial charge < -0.3 is 19.6 Å². The fourth-order valence-electron chi connectivity index (χ4n) is 5.35. The van der Waals surface area contributed by atoms with Crippen LogP contribution >= 0.6 is 11.6 Å². The third-order valence-electron chi connectivity index (χ3n) is 7.65. The van der Waals surface area contributed by atoms with Crippen LogP contribution < -0.4 is 9.64 Å². The molecular weight excluding hydrogens is 588 g/mol. The Morgan fingerprint density at radius 3 is 1.87 bits per heavy atom. The normalized spacial score (nSPS) is 10.8. The lowest BCUT2D eigenvalue weighted by Gasteiger charge is -2.33. The number of nitrogens with zero attached hydrogens (tertiary/aromatic N) is 2. The highest BCUT2D eigenvalue weighted by Gasteiger charge is 2.27. The highest BCUT2D eigenvalue weighted by Crippen LogP contribution is 2.30. The molecule has 2 amide bonds. The van der Waals surface area contributed by atoms with E-state index in [-0.39, 0.29) is 30.7 Å². The molecule has 234 valence electrons. The van der Waals surface area contributed by atoms with E-state index >= 15 is 0 Å². The predicted octanol–water partition coefficient (Wildman–Crippen LogP) is 8.04. The van der Waals surface area contributed by atoms with E-state index in [0.717, 1.165) is 11.1 Å². The van der Waals surface area contributed by atoms with Gasteiger partial charge in [-0.1, -0.05) is 78.7 Å². The van der Waals surface area contributed by atoms with Gasteiger partial charge >= 0.3 is 5.97 Å². The van der Waals surface area contributed by atoms with Gasteiger partial charge in [-0.15, -0.1) is 0 Å². The van der Waals surface area contributed by atoms with Crippen molar-refractivity contribution >= 4 is 35.1 Å². The van der Waals surface area contributed by atoms with E-state index in [9.17, 15) is 14.4 Å². The van der Waals surface area contributed by atoms with Crippen LogP contribution in [0.25, 0.3) is 0 Å². The van der Waals surface area contributed by atoms with Crippen LogP contribution in [0.3, 0.4) is 0 Å². The van der Waals surface area contributed by atoms with Crippen LogP contribution in [-0.2, 0) is 9.59 Å². The standard InChI is InChI=1S/C37H39ClN2O5/c1-45-33-24-22-32(23-25-33)39(37(44)30-18-20-31(38)21-19-30)27-11-16-34(41)40(26-10-4-9-17-35(42)43)36(28-12-5-2-6-13-28)29-14-7-3-8-15-29/h2-3,5-8,12-15,18-25,36H,4,9-11,16-17,26-27H2,1H3,(H,42,43). The Kier molecular flexibility index (Phi) is 12.6. The van der Waals surface area contributed by atoms with Crippen molar-refractivity contribution in [1.82, 2.24) is 4.90 Å². The van der Waals surface area contributed by atoms with Gasteiger partial charge in [-0.05, 0) is 78.9 Å². The van der Waals surface area contributed by atoms with Crippen LogP contribution in [0.2, 0.25) is 5.02 Å². The summed E-state index contributed by atoms with van der Waals surface area (Å²) in [6.45, 7) is 0.812. The number of anilines is 1. The molecule has 4 rings (SSSR count). The van der Waals surface area contributed by atoms with Gasteiger partial charge in [0.25, 0.3) is 5.91 Å². The topological polar surface area (TPSA) is 87.2 Å². The zero-order chi connectivity index (χ0) is 32.0. The molecule has 1 N–H and O–H groups in total. The molecule has 0 radical (unpaired) electrons. The van der Waals surface area contributed by atoms with E-state index in [1.807, 2.05) is 77.7 Å². The molecule has 0 spiro atoms. The van der Waals surface area contributed by atoms with Crippen LogP contribution in [0.4, 0.5) is 5.69 Å². The van der Waals surface area contributed by atoms with Gasteiger partial charge in [-0.25, -0.2) is 0 Å². The molecule has 45 heavy (non-hydrogen) atoms. The Morgan fingerprint density at radius 2 is 1.31 bits per heavy atom. The lowest BCUT2D eigenvalue weighted by Crippen LogP contribution is -2.37. The monoisotopic (exact) mass is 626 g/mol. The molecule has 0 saturated carbocycles. The van der Waals surface area contributed by atoms with Crippen molar-refractivity contribution in [2.24, 2.45) is 0 Å². The summed E-state index contributed by atoms with van der Waals surface area (Å²) < 4.78 is 5.30. The molecule has 0 fully saturated rings. The Morgan fingerprint density at radius 1 is 0.711 bits per heavy atom. The maximum atomic E-state index is 14.1. The third-order valence-corrected chi connectivity index (χ3v) is 7.90. The SMILES string of the molecule is COc1ccc(N(CCCC(=O)N(CCCCCC(=O)O)C(c2ccccc2)c2ccccc2)C(=O)c2ccc(Cl)cc2)cc1. The van der Waals surface area contributed by atoms with E-state index in [4.69, 9.17) is 21.4 Å². The first-order valence-corrected chi connectivity index (χ1v) is 15.6. The van der Waals surface area contributed by atoms with Gasteiger partial charge in [0, 0.05) is 42.2 Å². The number of hydrogen-bond acceptors (Lipinski definition) is 4. The van der Waals surface area contributed by atoms with Crippen molar-refractivity contribution in [1.29, 1.82) is 0 Å². The quantitative estimate of drug-likeness (QED) is 0.127. The summed E-state index contributed by atoms with van der Waals surface area (Å²) in [6.07, 6.45) is 2.72. The summed E-state index contributed by atoms with van der Waals surface area (Å²) in [7, 11) is 1.59. The molecule has 0 aliphatic rings. The van der Waals surface area contributed by atoms with Crippen LogP contribution in [0.5, 0.6) is 5.75 Å². The van der Waals surface area contributed by atoms with Crippen LogP contribution in [0, 0.1) is 0 Å². The van der Waals surface area contributed by atoms with Crippen molar-refractivity contribution in [3.63, 3.8) is 0 Å². The lowest BCUT2D eigenvalue weighted by atomic mass is 9.96. The predicted molar refractivity (Wildman–Crippen MR) is 178 cm³/mol. The molecule has 0 aliphatic heterocycles. The molecule has 0 saturated heterocycles. The first-order valence-electron chi connectivity index (χ1n) is 15.2. The number of amides is 2. The number of carbonyl (C=O) groups excluding carboxylic acids is 2. The van der Waals surface area contributed by atoms with Crippen molar-refractivity contribution in [2.45, 2.75) is 44.6 Å². The molecule has 8 heteroatoms. The number of ether oxygens (including phenoxy) is 1. The summed E-state index contributed by atoms with van der Waals surface area (Å²) in [6, 6.07) is 33.6. The Bertz CT molecular complexity index is 1470. The largest absolute Gasteiger partial charge is 0.497 e. The number of hydrogen-bond donors (Lipinski definition) is 1. The maximum Gasteiger partial charge on any atom is 0.303 e. The molecule has 0 unspecified atom stereocenters. The second-order valence-electron chi connectivity index (χ2n) is 10.8. The Balaban J connectivity index is 1.56. The van der Waals surface area contributed by atoms with E-state index in [1.54, 1.807) is 48.4 Å². The van der Waals surface area contributed by atoms with Gasteiger partial charge in [-0.3, -0.25) is 14.4 Å². The molecule has 7 nitrogen and oxygen atoms in total. The zero-order valence-corrected chi connectivity index (χ0v) is 26.2. The fraction of sp³-hybridized carbons (Fsp3) is 0.270. The van der Waals surface area contributed by atoms with Gasteiger partial charge in [0.05, 0.1) is 13.2 Å². The molecule has 4 aromatic carbocycles. The molecule has 0 heterocycles. The minimum atomic E-state index is -0.816. The van der Waals surface area contributed by atoms with Gasteiger partial charge in [0.2, 0.25) is 5.91 Å². The van der Waals surface area contributed by atoms with Crippen molar-refractivity contribution < 1.29 is 24.2 Å². The summed E-state index contributed by atoms with van der Waals surface area (Å²) in [5, 5.41) is 9.61. The molecule has 0 aliphatic carbocycles. The van der Waals surface area contributed by atoms with Crippen molar-refractivity contribution in [2.75, 3.05) is 25.1 Å². The van der Waals surface area contributed by atoms with E-state index in [0.29, 0.717) is 60.8 Å². The zero-order valence-electron chi connectivity index (χ0n) is 25.5. The average molecular weight is 627 g/mol. The first kappa shape index (κ1) is 33.3. The molecule has 0 atom stereocenters. The molecular formula is C37H39ClN2O5. The van der Waals surface area contributed by atoms with E-state index in [2.05, 4.69) is 0 Å². The highest BCUT2D eigenvalue weighted by molar-refractivity contribution is 6.30. The van der Waals surface area contributed by atoms with E-state index in [1.165, 1.54) is 0 Å². The van der Waals surface area contributed by atoms with Crippen LogP contribution in [0.15, 0.2) is 109 Å². The summed E-state index contributed by atoms with van der Waals surface area (Å²) >= 11 is 6.07. The minimum absolute atomic E-state index is 0.0282. The van der Waals surface area contributed by atoms with E-state index < -0.39 is 5.97 Å². The highest BCUT2D eigenvalue weighted by atomic mass is 35.5. The van der Waals surface area contributed by atoms with Gasteiger partial charge in [0.1, 0.15) is 5.75 Å². The maximum absolute atomic E-state index is 14.1. The number of halogens is 1. The number of aliphatic carboxylic acids is 1. The Labute approximate surface area is 270 Å². The van der Waals surface area contributed by atoms with Crippen molar-refractivity contribution in [3.05, 3.63) is 131 Å². The number of methoxy groups -OCH3 is 1. The smallest absolute Gasteiger partial charge is 0.303 e. The van der Waals surface area contributed by atoms with Crippen LogP contribution in [-0.4, -0.2) is 48.0 Å². The third kappa shape index (κ3) is 9.68. The summed E-state index contributed by atoms with van der Waals surface area (Å²) in [5.41, 5.74) is 3.20. The average Bonchev–Trinajstić information content (AvgIpc) is 3.07. The summed E-state index contributed by atoms with van der Waals surface area (Å²) in [4.78, 5) is 42.4. The van der Waals surface area contributed by atoms with Crippen LogP contribution in [0.1, 0.15) is 66.1 Å². The number of unbranched alkanes of at least 4 members (excludes halogenated alkanes) is 2. The summed E-state index contributed by atoms with van der Waals surface area (Å²) in [5.74, 6) is -0.353. The molecule has 0 bridgehead atoms. The minimum Gasteiger partial charge on any atom is -0.497 e. The number of rotatable bonds is 16. The van der Waals surface area contributed by atoms with Gasteiger partial charge in [-0.2, -0.15) is 0 Å². The molecule has 0 aromatic heterocycles. The lowest BCUT2D eigenvalue weighted by molar-refractivity contribution is -0.137. The fourth-order valence-corrected chi connectivity index (χ4v) is 5.47. The molecule has 4 aromatic rings. The number of carboxylic acids is 1. The second-order valence-corrected chi connectivity index (χ2v) is 11.2. The van der Waals surface area contributed by atoms with Crippen molar-refractivity contribution in [3.8, 4) is 5.75 Å². The second kappa shape index (κ2) is 17.0. The number of benzene rings is 4. The first-order chi connectivity index (χ1) is 21.9. The van der Waals surface area contributed by atoms with Gasteiger partial charge in [0.15, 0.2) is 0 Å². The Hall–Kier alpha value is -4.62.